The fourth-order valence-electron chi connectivity index (χ4n) is 8.78. The van der Waals surface area contributed by atoms with E-state index in [9.17, 15) is 14.4 Å². The number of carbonyl (C=O) groups is 3. The van der Waals surface area contributed by atoms with Crippen LogP contribution in [0, 0.1) is 53.3 Å². The van der Waals surface area contributed by atoms with Gasteiger partial charge in [-0.2, -0.15) is 0 Å². The lowest BCUT2D eigenvalue weighted by Gasteiger charge is -2.40. The fraction of sp³-hybridized carbons (Fsp3) is 0.932. The van der Waals surface area contributed by atoms with E-state index in [4.69, 9.17) is 14.2 Å². The first-order chi connectivity index (χ1) is 24.4. The van der Waals surface area contributed by atoms with Crippen molar-refractivity contribution in [2.75, 3.05) is 0 Å². The first-order valence-corrected chi connectivity index (χ1v) is 21.6. The zero-order chi connectivity index (χ0) is 38.7. The van der Waals surface area contributed by atoms with Crippen molar-refractivity contribution >= 4 is 17.9 Å². The van der Waals surface area contributed by atoms with Gasteiger partial charge in [-0.05, 0) is 79.4 Å². The predicted molar refractivity (Wildman–Crippen MR) is 211 cm³/mol. The van der Waals surface area contributed by atoms with Gasteiger partial charge in [0.2, 0.25) is 0 Å². The molecule has 1 aliphatic carbocycles. The number of unbranched alkanes of at least 4 members (excludes halogenated alkanes) is 3. The molecule has 0 aromatic rings. The van der Waals surface area contributed by atoms with E-state index in [1.165, 1.54) is 6.42 Å². The second-order valence-electron chi connectivity index (χ2n) is 19.1. The van der Waals surface area contributed by atoms with Crippen molar-refractivity contribution in [3.05, 3.63) is 0 Å². The maximum Gasteiger partial charge on any atom is 0.320 e. The topological polar surface area (TPSA) is 103 Å². The Morgan fingerprint density at radius 1 is 0.462 bits per heavy atom. The van der Waals surface area contributed by atoms with Gasteiger partial charge in [0.1, 0.15) is 18.3 Å². The molecule has 52 heavy (non-hydrogen) atoms. The molecule has 7 unspecified atom stereocenters. The molecular formula is C44H80N2O6. The molecule has 8 nitrogen and oxygen atoms in total. The molecule has 3 rings (SSSR count). The minimum Gasteiger partial charge on any atom is -0.462 e. The summed E-state index contributed by atoms with van der Waals surface area (Å²) in [6, 6.07) is 1.25. The van der Waals surface area contributed by atoms with Crippen LogP contribution in [0.1, 0.15) is 167 Å². The van der Waals surface area contributed by atoms with E-state index >= 15 is 0 Å². The zero-order valence-electron chi connectivity index (χ0n) is 35.4. The van der Waals surface area contributed by atoms with E-state index in [1.807, 2.05) is 0 Å². The van der Waals surface area contributed by atoms with Crippen LogP contribution in [0.3, 0.4) is 0 Å². The Morgan fingerprint density at radius 3 is 1.21 bits per heavy atom. The number of hydrogen-bond acceptors (Lipinski definition) is 8. The quantitative estimate of drug-likeness (QED) is 0.0623. The van der Waals surface area contributed by atoms with Gasteiger partial charge in [-0.3, -0.25) is 14.4 Å². The third-order valence-electron chi connectivity index (χ3n) is 12.8. The van der Waals surface area contributed by atoms with Gasteiger partial charge in [-0.15, -0.1) is 0 Å². The summed E-state index contributed by atoms with van der Waals surface area (Å²) in [6.07, 6.45) is 9.64. The van der Waals surface area contributed by atoms with Gasteiger partial charge < -0.3 is 24.8 Å². The maximum atomic E-state index is 13.9. The van der Waals surface area contributed by atoms with Crippen LogP contribution >= 0.6 is 0 Å². The standard InChI is InChI=1S/C44H80N2O6/c1-26(2)32-19-33(27(3)4)21-34(20-32)51-43(48)37(44(49)52-36-24-40(30(9)10)46-41(25-36)31(11)12)17-15-13-14-16-18-42(47)50-35-22-38(28(5)6)45-39(23-35)29(7)8/h26-41,45-46H,13-25H2,1-12H3. The minimum absolute atomic E-state index is 0.0336. The molecule has 8 heteroatoms. The average Bonchev–Trinajstić information content (AvgIpc) is 3.07. The van der Waals surface area contributed by atoms with Crippen LogP contribution in [0.4, 0.5) is 0 Å². The molecule has 0 aromatic heterocycles. The third kappa shape index (κ3) is 14.2. The van der Waals surface area contributed by atoms with Crippen LogP contribution in [0.25, 0.3) is 0 Å². The van der Waals surface area contributed by atoms with E-state index in [1.54, 1.807) is 0 Å². The smallest absolute Gasteiger partial charge is 0.320 e. The minimum atomic E-state index is -0.922. The summed E-state index contributed by atoms with van der Waals surface area (Å²) in [7, 11) is 0. The van der Waals surface area contributed by atoms with Crippen molar-refractivity contribution in [1.82, 2.24) is 10.6 Å². The van der Waals surface area contributed by atoms with Gasteiger partial charge in [0, 0.05) is 56.3 Å². The van der Waals surface area contributed by atoms with E-state index in [0.717, 1.165) is 57.8 Å². The van der Waals surface area contributed by atoms with Crippen molar-refractivity contribution in [3.63, 3.8) is 0 Å². The van der Waals surface area contributed by atoms with Gasteiger partial charge >= 0.3 is 17.9 Å². The number of carbonyl (C=O) groups excluding carboxylic acids is 3. The first-order valence-electron chi connectivity index (χ1n) is 21.6. The summed E-state index contributed by atoms with van der Waals surface area (Å²) in [6.45, 7) is 26.8. The van der Waals surface area contributed by atoms with E-state index in [-0.39, 0.29) is 36.4 Å². The Balaban J connectivity index is 1.58. The molecule has 7 atom stereocenters. The average molecular weight is 733 g/mol. The Labute approximate surface area is 318 Å². The summed E-state index contributed by atoms with van der Waals surface area (Å²) >= 11 is 0. The van der Waals surface area contributed by atoms with Crippen LogP contribution < -0.4 is 10.6 Å². The van der Waals surface area contributed by atoms with Crippen LogP contribution in [0.15, 0.2) is 0 Å². The van der Waals surface area contributed by atoms with Crippen LogP contribution in [-0.2, 0) is 28.6 Å². The molecule has 0 aromatic carbocycles. The maximum absolute atomic E-state index is 13.9. The monoisotopic (exact) mass is 733 g/mol. The lowest BCUT2D eigenvalue weighted by Crippen LogP contribution is -2.53. The van der Waals surface area contributed by atoms with Crippen molar-refractivity contribution in [3.8, 4) is 0 Å². The molecule has 2 saturated heterocycles. The molecule has 0 bridgehead atoms. The molecule has 2 N–H and O–H groups in total. The van der Waals surface area contributed by atoms with Crippen molar-refractivity contribution in [2.45, 2.75) is 209 Å². The lowest BCUT2D eigenvalue weighted by molar-refractivity contribution is -0.172. The Morgan fingerprint density at radius 2 is 0.827 bits per heavy atom. The van der Waals surface area contributed by atoms with Gasteiger partial charge in [-0.25, -0.2) is 0 Å². The van der Waals surface area contributed by atoms with E-state index in [2.05, 4.69) is 93.7 Å². The molecule has 2 heterocycles. The molecule has 0 radical (unpaired) electrons. The van der Waals surface area contributed by atoms with E-state index < -0.39 is 17.9 Å². The predicted octanol–water partition coefficient (Wildman–Crippen LogP) is 9.27. The van der Waals surface area contributed by atoms with E-state index in [0.29, 0.717) is 78.7 Å². The second kappa shape index (κ2) is 21.4. The van der Waals surface area contributed by atoms with Gasteiger partial charge in [0.25, 0.3) is 0 Å². The van der Waals surface area contributed by atoms with Crippen molar-refractivity contribution < 1.29 is 28.6 Å². The summed E-state index contributed by atoms with van der Waals surface area (Å²) in [4.78, 5) is 40.7. The summed E-state index contributed by atoms with van der Waals surface area (Å²) in [5, 5.41) is 7.52. The van der Waals surface area contributed by atoms with Crippen molar-refractivity contribution in [1.29, 1.82) is 0 Å². The highest BCUT2D eigenvalue weighted by Gasteiger charge is 2.40. The molecule has 3 aliphatic rings. The molecular weight excluding hydrogens is 652 g/mol. The number of piperidine rings is 2. The summed E-state index contributed by atoms with van der Waals surface area (Å²) in [5.74, 6) is 2.01. The van der Waals surface area contributed by atoms with Gasteiger partial charge in [-0.1, -0.05) is 102 Å². The summed E-state index contributed by atoms with van der Waals surface area (Å²) in [5.41, 5.74) is 0. The van der Waals surface area contributed by atoms with Crippen LogP contribution in [0.2, 0.25) is 0 Å². The number of nitrogens with one attached hydrogen (secondary N) is 2. The zero-order valence-corrected chi connectivity index (χ0v) is 35.4. The number of rotatable bonds is 18. The Hall–Kier alpha value is -1.67. The number of esters is 3. The normalized spacial score (nSPS) is 30.7. The van der Waals surface area contributed by atoms with Gasteiger partial charge in [0.15, 0.2) is 5.92 Å². The first kappa shape index (κ1) is 44.7. The van der Waals surface area contributed by atoms with Crippen LogP contribution in [0.5, 0.6) is 0 Å². The largest absolute Gasteiger partial charge is 0.462 e. The molecule has 3 fully saturated rings. The lowest BCUT2D eigenvalue weighted by atomic mass is 9.71. The van der Waals surface area contributed by atoms with Crippen molar-refractivity contribution in [2.24, 2.45) is 53.3 Å². The molecule has 0 spiro atoms. The molecule has 302 valence electrons. The molecule has 2 aliphatic heterocycles. The number of ether oxygens (including phenoxy) is 3. The highest BCUT2D eigenvalue weighted by atomic mass is 16.6. The fourth-order valence-corrected chi connectivity index (χ4v) is 8.78. The van der Waals surface area contributed by atoms with Gasteiger partial charge in [0.05, 0.1) is 0 Å². The third-order valence-corrected chi connectivity index (χ3v) is 12.8. The SMILES string of the molecule is CC(C)C1CC(OC(=O)C(CCCCCCC(=O)OC2CC(C(C)C)NC(C(C)C)C2)C(=O)OC2CC(C(C)C)NC(C(C)C)C2)CC(C(C)C)C1. The highest BCUT2D eigenvalue weighted by Crippen LogP contribution is 2.39. The molecule has 1 saturated carbocycles. The van der Waals surface area contributed by atoms with Crippen LogP contribution in [-0.4, -0.2) is 60.4 Å². The Kier molecular flexibility index (Phi) is 18.4. The Bertz CT molecular complexity index is 989. The molecule has 0 amide bonds. The second-order valence-corrected chi connectivity index (χ2v) is 19.1. The summed E-state index contributed by atoms with van der Waals surface area (Å²) < 4.78 is 18.5. The number of hydrogen-bond donors (Lipinski definition) is 2. The highest BCUT2D eigenvalue weighted by molar-refractivity contribution is 5.95.